The van der Waals surface area contributed by atoms with E-state index in [1.54, 1.807) is 11.3 Å². The number of hydrogen-bond acceptors (Lipinski definition) is 4. The number of halogens is 2. The summed E-state index contributed by atoms with van der Waals surface area (Å²) in [5.74, 6) is -1.89. The van der Waals surface area contributed by atoms with Gasteiger partial charge in [-0.15, -0.1) is 0 Å². The standard InChI is InChI=1S/C18H22F2N2O2S2/c19-15-5-6-18(16(20)11-15)26(23,24)21-12-17(14-7-10-25-13-14)22-8-3-1-2-4-9-22/h5-7,10-11,13,17,21H,1-4,8-9,12H2/t17-/m1/s1. The van der Waals surface area contributed by atoms with Crippen molar-refractivity contribution in [2.24, 2.45) is 0 Å². The lowest BCUT2D eigenvalue weighted by Gasteiger charge is -2.30. The highest BCUT2D eigenvalue weighted by molar-refractivity contribution is 7.89. The largest absolute Gasteiger partial charge is 0.295 e. The van der Waals surface area contributed by atoms with Crippen molar-refractivity contribution in [3.63, 3.8) is 0 Å². The average Bonchev–Trinajstić information content (AvgIpc) is 2.97. The molecule has 0 bridgehead atoms. The molecule has 0 spiro atoms. The van der Waals surface area contributed by atoms with Crippen molar-refractivity contribution in [3.8, 4) is 0 Å². The molecule has 4 nitrogen and oxygen atoms in total. The van der Waals surface area contributed by atoms with Gasteiger partial charge in [0.25, 0.3) is 0 Å². The first-order valence-corrected chi connectivity index (χ1v) is 11.1. The summed E-state index contributed by atoms with van der Waals surface area (Å²) >= 11 is 1.57. The Labute approximate surface area is 156 Å². The zero-order valence-corrected chi connectivity index (χ0v) is 16.0. The lowest BCUT2D eigenvalue weighted by atomic mass is 10.1. The normalized spacial score (nSPS) is 17.8. The van der Waals surface area contributed by atoms with Crippen LogP contribution in [-0.2, 0) is 10.0 Å². The van der Waals surface area contributed by atoms with Crippen LogP contribution in [0.2, 0.25) is 0 Å². The second-order valence-electron chi connectivity index (χ2n) is 6.45. The van der Waals surface area contributed by atoms with Crippen molar-refractivity contribution < 1.29 is 17.2 Å². The van der Waals surface area contributed by atoms with Crippen molar-refractivity contribution in [3.05, 3.63) is 52.2 Å². The van der Waals surface area contributed by atoms with E-state index in [1.807, 2.05) is 16.8 Å². The van der Waals surface area contributed by atoms with Gasteiger partial charge < -0.3 is 0 Å². The van der Waals surface area contributed by atoms with Crippen LogP contribution in [0.5, 0.6) is 0 Å². The van der Waals surface area contributed by atoms with E-state index in [0.29, 0.717) is 6.07 Å². The number of sulfonamides is 1. The molecule has 1 aliphatic heterocycles. The average molecular weight is 401 g/mol. The highest BCUT2D eigenvalue weighted by Gasteiger charge is 2.26. The van der Waals surface area contributed by atoms with Crippen molar-refractivity contribution in [1.82, 2.24) is 9.62 Å². The number of thiophene rings is 1. The number of hydrogen-bond donors (Lipinski definition) is 1. The van der Waals surface area contributed by atoms with Gasteiger partial charge in [-0.2, -0.15) is 11.3 Å². The molecule has 1 atom stereocenters. The SMILES string of the molecule is O=S(=O)(NC[C@H](c1ccsc1)N1CCCCCC1)c1ccc(F)cc1F. The van der Waals surface area contributed by atoms with Crippen LogP contribution in [0.3, 0.4) is 0 Å². The Kier molecular flexibility index (Phi) is 6.39. The molecule has 142 valence electrons. The molecule has 8 heteroatoms. The first-order chi connectivity index (χ1) is 12.5. The van der Waals surface area contributed by atoms with Crippen LogP contribution in [0.25, 0.3) is 0 Å². The van der Waals surface area contributed by atoms with Gasteiger partial charge in [-0.25, -0.2) is 21.9 Å². The van der Waals surface area contributed by atoms with Crippen LogP contribution in [0, 0.1) is 11.6 Å². The molecule has 1 fully saturated rings. The molecule has 1 N–H and O–H groups in total. The van der Waals surface area contributed by atoms with Crippen LogP contribution in [0.15, 0.2) is 39.9 Å². The Morgan fingerprint density at radius 2 is 1.85 bits per heavy atom. The summed E-state index contributed by atoms with van der Waals surface area (Å²) in [6.45, 7) is 1.97. The molecule has 1 saturated heterocycles. The van der Waals surface area contributed by atoms with E-state index in [1.165, 1.54) is 12.8 Å². The predicted molar refractivity (Wildman–Crippen MR) is 98.6 cm³/mol. The van der Waals surface area contributed by atoms with Crippen LogP contribution >= 0.6 is 11.3 Å². The van der Waals surface area contributed by atoms with E-state index in [0.717, 1.165) is 43.6 Å². The van der Waals surface area contributed by atoms with Gasteiger partial charge in [-0.3, -0.25) is 4.90 Å². The molecular weight excluding hydrogens is 378 g/mol. The second kappa shape index (κ2) is 8.56. The second-order valence-corrected chi connectivity index (χ2v) is 8.96. The van der Waals surface area contributed by atoms with Gasteiger partial charge in [-0.05, 0) is 60.5 Å². The third kappa shape index (κ3) is 4.68. The highest BCUT2D eigenvalue weighted by atomic mass is 32.2. The molecule has 26 heavy (non-hydrogen) atoms. The van der Waals surface area contributed by atoms with Crippen LogP contribution in [0.1, 0.15) is 37.3 Å². The fraction of sp³-hybridized carbons (Fsp3) is 0.444. The summed E-state index contributed by atoms with van der Waals surface area (Å²) in [5, 5.41) is 3.98. The van der Waals surface area contributed by atoms with E-state index >= 15 is 0 Å². The number of likely N-dealkylation sites (tertiary alicyclic amines) is 1. The summed E-state index contributed by atoms with van der Waals surface area (Å²) in [6, 6.07) is 4.38. The molecule has 1 aromatic heterocycles. The zero-order chi connectivity index (χ0) is 18.6. The van der Waals surface area contributed by atoms with Gasteiger partial charge in [0, 0.05) is 18.7 Å². The Hall–Kier alpha value is -1.35. The van der Waals surface area contributed by atoms with E-state index in [2.05, 4.69) is 9.62 Å². The Bertz CT molecular complexity index is 818. The number of nitrogens with one attached hydrogen (secondary N) is 1. The fourth-order valence-corrected chi connectivity index (χ4v) is 5.09. The maximum Gasteiger partial charge on any atom is 0.243 e. The van der Waals surface area contributed by atoms with Crippen LogP contribution in [0.4, 0.5) is 8.78 Å². The van der Waals surface area contributed by atoms with Crippen molar-refractivity contribution in [1.29, 1.82) is 0 Å². The Balaban J connectivity index is 1.78. The van der Waals surface area contributed by atoms with Gasteiger partial charge in [0.05, 0.1) is 0 Å². The number of nitrogens with zero attached hydrogens (tertiary/aromatic N) is 1. The smallest absolute Gasteiger partial charge is 0.243 e. The van der Waals surface area contributed by atoms with Gasteiger partial charge >= 0.3 is 0 Å². The first kappa shape index (κ1) is 19.4. The predicted octanol–water partition coefficient (Wildman–Crippen LogP) is 3.92. The molecule has 0 unspecified atom stereocenters. The lowest BCUT2D eigenvalue weighted by Crippen LogP contribution is -2.38. The Morgan fingerprint density at radius 1 is 1.12 bits per heavy atom. The first-order valence-electron chi connectivity index (χ1n) is 8.68. The monoisotopic (exact) mass is 400 g/mol. The molecule has 3 rings (SSSR count). The molecule has 2 heterocycles. The number of benzene rings is 1. The maximum atomic E-state index is 13.9. The van der Waals surface area contributed by atoms with E-state index in [9.17, 15) is 17.2 Å². The molecule has 1 aromatic carbocycles. The summed E-state index contributed by atoms with van der Waals surface area (Å²) in [4.78, 5) is 1.76. The lowest BCUT2D eigenvalue weighted by molar-refractivity contribution is 0.206. The van der Waals surface area contributed by atoms with Crippen molar-refractivity contribution in [2.75, 3.05) is 19.6 Å². The van der Waals surface area contributed by atoms with Crippen LogP contribution in [-0.4, -0.2) is 33.0 Å². The van der Waals surface area contributed by atoms with Crippen molar-refractivity contribution in [2.45, 2.75) is 36.6 Å². The quantitative estimate of drug-likeness (QED) is 0.800. The maximum absolute atomic E-state index is 13.9. The summed E-state index contributed by atoms with van der Waals surface area (Å²) in [6.07, 6.45) is 4.53. The molecule has 1 aliphatic rings. The topological polar surface area (TPSA) is 49.4 Å². The molecular formula is C18H22F2N2O2S2. The van der Waals surface area contributed by atoms with E-state index in [4.69, 9.17) is 0 Å². The van der Waals surface area contributed by atoms with Gasteiger partial charge in [0.15, 0.2) is 0 Å². The minimum Gasteiger partial charge on any atom is -0.295 e. The molecule has 0 amide bonds. The fourth-order valence-electron chi connectivity index (χ4n) is 3.29. The third-order valence-corrected chi connectivity index (χ3v) is 6.82. The molecule has 0 aliphatic carbocycles. The zero-order valence-electron chi connectivity index (χ0n) is 14.3. The van der Waals surface area contributed by atoms with Gasteiger partial charge in [-0.1, -0.05) is 12.8 Å². The van der Waals surface area contributed by atoms with E-state index < -0.39 is 26.6 Å². The minimum absolute atomic E-state index is 0.0994. The van der Waals surface area contributed by atoms with Gasteiger partial charge in [0.2, 0.25) is 10.0 Å². The number of rotatable bonds is 6. The highest BCUT2D eigenvalue weighted by Crippen LogP contribution is 2.26. The van der Waals surface area contributed by atoms with Crippen molar-refractivity contribution >= 4 is 21.4 Å². The third-order valence-electron chi connectivity index (χ3n) is 4.66. The van der Waals surface area contributed by atoms with E-state index in [-0.39, 0.29) is 12.6 Å². The molecule has 2 aromatic rings. The van der Waals surface area contributed by atoms with Gasteiger partial charge in [0.1, 0.15) is 16.5 Å². The summed E-state index contributed by atoms with van der Waals surface area (Å²) < 4.78 is 54.5. The summed E-state index contributed by atoms with van der Waals surface area (Å²) in [5.41, 5.74) is 1.05. The molecule has 0 saturated carbocycles. The molecule has 0 radical (unpaired) electrons. The van der Waals surface area contributed by atoms with Crippen LogP contribution < -0.4 is 4.72 Å². The minimum atomic E-state index is -4.06. The Morgan fingerprint density at radius 3 is 2.46 bits per heavy atom. The summed E-state index contributed by atoms with van der Waals surface area (Å²) in [7, 11) is -4.06.